The first-order valence-electron chi connectivity index (χ1n) is 12.0. The van der Waals surface area contributed by atoms with E-state index in [0.717, 1.165) is 36.2 Å². The van der Waals surface area contributed by atoms with Gasteiger partial charge in [-0.25, -0.2) is 8.42 Å². The summed E-state index contributed by atoms with van der Waals surface area (Å²) in [6.07, 6.45) is 4.81. The van der Waals surface area contributed by atoms with Crippen molar-refractivity contribution in [3.63, 3.8) is 0 Å². The van der Waals surface area contributed by atoms with Gasteiger partial charge in [-0.2, -0.15) is 0 Å². The molecule has 0 spiro atoms. The van der Waals surface area contributed by atoms with Crippen LogP contribution in [0.4, 0.5) is 5.69 Å². The Morgan fingerprint density at radius 2 is 1.76 bits per heavy atom. The number of carbonyl (C=O) groups is 3. The number of ketones is 1. The average molecular weight is 569 g/mol. The molecule has 1 aliphatic carbocycles. The monoisotopic (exact) mass is 567 g/mol. The number of anilines is 1. The van der Waals surface area contributed by atoms with Crippen molar-refractivity contribution < 1.29 is 22.8 Å². The zero-order chi connectivity index (χ0) is 27.3. The number of hydrogen-bond acceptors (Lipinski definition) is 5. The number of rotatable bonds is 10. The summed E-state index contributed by atoms with van der Waals surface area (Å²) in [7, 11) is -3.91. The predicted molar refractivity (Wildman–Crippen MR) is 146 cm³/mol. The highest BCUT2D eigenvalue weighted by Gasteiger charge is 2.32. The summed E-state index contributed by atoms with van der Waals surface area (Å²) < 4.78 is 26.4. The highest BCUT2D eigenvalue weighted by molar-refractivity contribution is 7.92. The fourth-order valence-corrected chi connectivity index (χ4v) is 5.61. The van der Waals surface area contributed by atoms with Crippen LogP contribution in [0.25, 0.3) is 0 Å². The van der Waals surface area contributed by atoms with Gasteiger partial charge in [0.05, 0.1) is 11.9 Å². The molecule has 0 bridgehead atoms. The second-order valence-electron chi connectivity index (χ2n) is 9.30. The largest absolute Gasteiger partial charge is 0.352 e. The van der Waals surface area contributed by atoms with Crippen molar-refractivity contribution in [3.05, 3.63) is 63.6 Å². The third kappa shape index (κ3) is 7.69. The smallest absolute Gasteiger partial charge is 0.244 e. The molecule has 2 amide bonds. The zero-order valence-electron chi connectivity index (χ0n) is 21.0. The summed E-state index contributed by atoms with van der Waals surface area (Å²) in [5.41, 5.74) is 1.05. The summed E-state index contributed by atoms with van der Waals surface area (Å²) in [6, 6.07) is 10.0. The molecule has 0 heterocycles. The average Bonchev–Trinajstić information content (AvgIpc) is 3.34. The lowest BCUT2D eigenvalue weighted by atomic mass is 10.1. The topological polar surface area (TPSA) is 104 Å². The summed E-state index contributed by atoms with van der Waals surface area (Å²) in [5, 5.41) is 3.75. The van der Waals surface area contributed by atoms with Crippen LogP contribution in [0.15, 0.2) is 42.5 Å². The van der Waals surface area contributed by atoms with Gasteiger partial charge in [0.1, 0.15) is 12.6 Å². The van der Waals surface area contributed by atoms with Crippen LogP contribution in [0.3, 0.4) is 0 Å². The lowest BCUT2D eigenvalue weighted by Crippen LogP contribution is -2.52. The third-order valence-electron chi connectivity index (χ3n) is 6.44. The van der Waals surface area contributed by atoms with Gasteiger partial charge < -0.3 is 10.2 Å². The minimum Gasteiger partial charge on any atom is -0.352 e. The van der Waals surface area contributed by atoms with Gasteiger partial charge in [-0.05, 0) is 56.5 Å². The second-order valence-corrected chi connectivity index (χ2v) is 12.0. The number of Topliss-reactive ketones (excluding diaryl/α,β-unsaturated/α-hetero) is 1. The van der Waals surface area contributed by atoms with Crippen LogP contribution in [0.5, 0.6) is 0 Å². The third-order valence-corrected chi connectivity index (χ3v) is 8.17. The normalized spacial score (nSPS) is 14.7. The Morgan fingerprint density at radius 3 is 2.35 bits per heavy atom. The van der Waals surface area contributed by atoms with Gasteiger partial charge >= 0.3 is 0 Å². The van der Waals surface area contributed by atoms with Crippen LogP contribution in [-0.2, 0) is 26.2 Å². The highest BCUT2D eigenvalue weighted by Crippen LogP contribution is 2.25. The van der Waals surface area contributed by atoms with E-state index in [0.29, 0.717) is 21.2 Å². The quantitative estimate of drug-likeness (QED) is 0.427. The number of hydrogen-bond donors (Lipinski definition) is 1. The second kappa shape index (κ2) is 12.3. The Hall–Kier alpha value is -2.62. The van der Waals surface area contributed by atoms with E-state index >= 15 is 0 Å². The van der Waals surface area contributed by atoms with Crippen molar-refractivity contribution in [2.24, 2.45) is 0 Å². The van der Waals surface area contributed by atoms with E-state index < -0.39 is 28.5 Å². The van der Waals surface area contributed by atoms with Crippen LogP contribution in [0, 0.1) is 0 Å². The van der Waals surface area contributed by atoms with Crippen molar-refractivity contribution in [1.29, 1.82) is 0 Å². The van der Waals surface area contributed by atoms with Gasteiger partial charge in [-0.1, -0.05) is 54.2 Å². The Kier molecular flexibility index (Phi) is 9.61. The number of nitrogens with one attached hydrogen (secondary N) is 1. The number of halogens is 2. The lowest BCUT2D eigenvalue weighted by molar-refractivity contribution is -0.139. The maximum absolute atomic E-state index is 13.7. The van der Waals surface area contributed by atoms with Gasteiger partial charge in [0, 0.05) is 28.2 Å². The number of sulfonamides is 1. The Bertz CT molecular complexity index is 1280. The van der Waals surface area contributed by atoms with Crippen LogP contribution in [-0.4, -0.2) is 55.8 Å². The van der Waals surface area contributed by atoms with Crippen molar-refractivity contribution in [2.75, 3.05) is 17.1 Å². The molecule has 2 aromatic rings. The molecule has 3 rings (SSSR count). The van der Waals surface area contributed by atoms with E-state index in [1.165, 1.54) is 24.0 Å². The minimum atomic E-state index is -3.91. The SMILES string of the molecule is CC(=O)c1cccc(N(CC(=O)N(Cc2ccc(Cl)cc2Cl)[C@H](C)C(=O)NC2CCCC2)S(C)(=O)=O)c1. The Labute approximate surface area is 228 Å². The molecule has 2 aromatic carbocycles. The zero-order valence-corrected chi connectivity index (χ0v) is 23.4. The minimum absolute atomic E-state index is 0.0286. The Morgan fingerprint density at radius 1 is 1.08 bits per heavy atom. The molecule has 1 fully saturated rings. The molecule has 8 nitrogen and oxygen atoms in total. The van der Waals surface area contributed by atoms with Gasteiger partial charge in [0.15, 0.2) is 5.78 Å². The van der Waals surface area contributed by atoms with Crippen LogP contribution < -0.4 is 9.62 Å². The van der Waals surface area contributed by atoms with Crippen molar-refractivity contribution >= 4 is 56.5 Å². The van der Waals surface area contributed by atoms with Crippen molar-refractivity contribution in [2.45, 2.75) is 58.2 Å². The van der Waals surface area contributed by atoms with Gasteiger partial charge in [0.2, 0.25) is 21.8 Å². The van der Waals surface area contributed by atoms with E-state index in [1.54, 1.807) is 37.3 Å². The maximum atomic E-state index is 13.7. The lowest BCUT2D eigenvalue weighted by Gasteiger charge is -2.32. The molecular weight excluding hydrogens is 537 g/mol. The fraction of sp³-hybridized carbons (Fsp3) is 0.423. The Balaban J connectivity index is 1.93. The molecule has 0 aromatic heterocycles. The number of nitrogens with zero attached hydrogens (tertiary/aromatic N) is 2. The number of carbonyl (C=O) groups excluding carboxylic acids is 3. The number of amides is 2. The first kappa shape index (κ1) is 28.9. The standard InChI is InChI=1S/C26H31Cl2N3O5S/c1-17(26(34)29-22-8-4-5-9-22)30(15-20-11-12-21(27)14-24(20)28)25(33)16-31(37(3,35)36)23-10-6-7-19(13-23)18(2)32/h6-7,10-14,17,22H,4-5,8-9,15-16H2,1-3H3,(H,29,34)/t17-/m1/s1. The molecule has 0 aliphatic heterocycles. The molecular formula is C26H31Cl2N3O5S. The molecule has 0 unspecified atom stereocenters. The molecule has 1 atom stereocenters. The molecule has 200 valence electrons. The van der Waals surface area contributed by atoms with Crippen molar-refractivity contribution in [3.8, 4) is 0 Å². The molecule has 1 saturated carbocycles. The van der Waals surface area contributed by atoms with Crippen LogP contribution in [0.1, 0.15) is 55.5 Å². The summed E-state index contributed by atoms with van der Waals surface area (Å²) >= 11 is 12.4. The van der Waals surface area contributed by atoms with Gasteiger partial charge in [-0.3, -0.25) is 18.7 Å². The highest BCUT2D eigenvalue weighted by atomic mass is 35.5. The molecule has 37 heavy (non-hydrogen) atoms. The summed E-state index contributed by atoms with van der Waals surface area (Å²) in [5.74, 6) is -1.16. The predicted octanol–water partition coefficient (Wildman–Crippen LogP) is 4.44. The van der Waals surface area contributed by atoms with Crippen molar-refractivity contribution in [1.82, 2.24) is 10.2 Å². The molecule has 11 heteroatoms. The van der Waals surface area contributed by atoms with Crippen LogP contribution >= 0.6 is 23.2 Å². The van der Waals surface area contributed by atoms with E-state index in [4.69, 9.17) is 23.2 Å². The molecule has 1 N–H and O–H groups in total. The van der Waals surface area contributed by atoms with E-state index in [-0.39, 0.29) is 30.0 Å². The van der Waals surface area contributed by atoms with E-state index in [2.05, 4.69) is 5.32 Å². The van der Waals surface area contributed by atoms with Gasteiger partial charge in [0.25, 0.3) is 0 Å². The molecule has 0 saturated heterocycles. The fourth-order valence-electron chi connectivity index (χ4n) is 4.30. The number of benzene rings is 2. The maximum Gasteiger partial charge on any atom is 0.244 e. The molecule has 1 aliphatic rings. The van der Waals surface area contributed by atoms with Gasteiger partial charge in [-0.15, -0.1) is 0 Å². The first-order valence-corrected chi connectivity index (χ1v) is 14.6. The molecule has 0 radical (unpaired) electrons. The van der Waals surface area contributed by atoms with E-state index in [9.17, 15) is 22.8 Å². The first-order chi connectivity index (χ1) is 17.4. The van der Waals surface area contributed by atoms with Crippen LogP contribution in [0.2, 0.25) is 10.0 Å². The summed E-state index contributed by atoms with van der Waals surface area (Å²) in [4.78, 5) is 39.9. The van der Waals surface area contributed by atoms with E-state index in [1.807, 2.05) is 0 Å². The summed E-state index contributed by atoms with van der Waals surface area (Å²) in [6.45, 7) is 2.38.